The maximum Gasteiger partial charge on any atom is 0.257 e. The first kappa shape index (κ1) is 14.9. The molecule has 6 heteroatoms. The van der Waals surface area contributed by atoms with Gasteiger partial charge in [-0.2, -0.15) is 0 Å². The van der Waals surface area contributed by atoms with E-state index < -0.39 is 11.7 Å². The zero-order valence-electron chi connectivity index (χ0n) is 10.9. The molecular weight excluding hydrogens is 251 g/mol. The number of hydrogen-bond donors (Lipinski definition) is 2. The predicted molar refractivity (Wildman–Crippen MR) is 68.3 cm³/mol. The molecule has 19 heavy (non-hydrogen) atoms. The number of amides is 2. The highest BCUT2D eigenvalue weighted by molar-refractivity contribution is 5.96. The van der Waals surface area contributed by atoms with Gasteiger partial charge in [-0.15, -0.1) is 0 Å². The first-order valence-corrected chi connectivity index (χ1v) is 5.89. The van der Waals surface area contributed by atoms with Gasteiger partial charge in [-0.3, -0.25) is 9.59 Å². The Morgan fingerprint density at radius 3 is 2.68 bits per heavy atom. The molecule has 0 heterocycles. The quantitative estimate of drug-likeness (QED) is 0.810. The van der Waals surface area contributed by atoms with Gasteiger partial charge in [0.15, 0.2) is 6.61 Å². The number of nitrogens with two attached hydrogens (primary N) is 1. The molecule has 0 unspecified atom stereocenters. The standard InChI is InChI=1S/C13H17FN2O3/c1-8(2)6-16-11(17)7-19-10-5-3-4-9(14)12(10)13(15)18/h3-5,8H,6-7H2,1-2H3,(H2,15,18)(H,16,17). The average Bonchev–Trinajstić information content (AvgIpc) is 2.33. The number of hydrogen-bond acceptors (Lipinski definition) is 3. The summed E-state index contributed by atoms with van der Waals surface area (Å²) in [5.74, 6) is -1.76. The Hall–Kier alpha value is -2.11. The number of nitrogens with one attached hydrogen (secondary N) is 1. The third-order valence-electron chi connectivity index (χ3n) is 2.29. The van der Waals surface area contributed by atoms with Crippen molar-refractivity contribution in [3.05, 3.63) is 29.6 Å². The summed E-state index contributed by atoms with van der Waals surface area (Å²) in [5, 5.41) is 2.64. The normalized spacial score (nSPS) is 10.3. The van der Waals surface area contributed by atoms with Crippen molar-refractivity contribution >= 4 is 11.8 Å². The minimum Gasteiger partial charge on any atom is -0.483 e. The van der Waals surface area contributed by atoms with Crippen LogP contribution in [0.3, 0.4) is 0 Å². The van der Waals surface area contributed by atoms with Gasteiger partial charge >= 0.3 is 0 Å². The number of rotatable bonds is 6. The van der Waals surface area contributed by atoms with Crippen LogP contribution >= 0.6 is 0 Å². The summed E-state index contributed by atoms with van der Waals surface area (Å²) in [5.41, 5.74) is 4.71. The zero-order valence-corrected chi connectivity index (χ0v) is 10.9. The van der Waals surface area contributed by atoms with Crippen molar-refractivity contribution in [2.45, 2.75) is 13.8 Å². The fraction of sp³-hybridized carbons (Fsp3) is 0.385. The zero-order chi connectivity index (χ0) is 14.4. The van der Waals surface area contributed by atoms with E-state index in [-0.39, 0.29) is 23.8 Å². The van der Waals surface area contributed by atoms with E-state index in [4.69, 9.17) is 10.5 Å². The second-order valence-corrected chi connectivity index (χ2v) is 4.46. The number of ether oxygens (including phenoxy) is 1. The van der Waals surface area contributed by atoms with Crippen LogP contribution in [-0.4, -0.2) is 25.0 Å². The van der Waals surface area contributed by atoms with Gasteiger partial charge in [-0.05, 0) is 18.1 Å². The Kier molecular flexibility index (Phi) is 5.29. The summed E-state index contributed by atoms with van der Waals surface area (Å²) in [6.45, 7) is 4.14. The summed E-state index contributed by atoms with van der Waals surface area (Å²) in [4.78, 5) is 22.5. The van der Waals surface area contributed by atoms with Crippen LogP contribution in [0.25, 0.3) is 0 Å². The van der Waals surface area contributed by atoms with Crippen molar-refractivity contribution in [2.24, 2.45) is 11.7 Å². The van der Waals surface area contributed by atoms with E-state index in [1.807, 2.05) is 13.8 Å². The van der Waals surface area contributed by atoms with E-state index in [0.29, 0.717) is 12.5 Å². The van der Waals surface area contributed by atoms with Crippen LogP contribution in [0.5, 0.6) is 5.75 Å². The Morgan fingerprint density at radius 1 is 1.42 bits per heavy atom. The summed E-state index contributed by atoms with van der Waals surface area (Å²) in [7, 11) is 0. The van der Waals surface area contributed by atoms with Crippen molar-refractivity contribution in [1.29, 1.82) is 0 Å². The van der Waals surface area contributed by atoms with E-state index >= 15 is 0 Å². The first-order valence-electron chi connectivity index (χ1n) is 5.89. The average molecular weight is 268 g/mol. The maximum atomic E-state index is 13.4. The van der Waals surface area contributed by atoms with E-state index in [1.165, 1.54) is 12.1 Å². The van der Waals surface area contributed by atoms with Crippen molar-refractivity contribution in [2.75, 3.05) is 13.2 Å². The maximum absolute atomic E-state index is 13.4. The molecule has 1 rings (SSSR count). The van der Waals surface area contributed by atoms with Gasteiger partial charge in [-0.1, -0.05) is 19.9 Å². The Bertz CT molecular complexity index is 475. The molecule has 1 aromatic carbocycles. The molecule has 0 saturated carbocycles. The molecule has 0 aromatic heterocycles. The van der Waals surface area contributed by atoms with Crippen LogP contribution in [0, 0.1) is 11.7 Å². The number of primary amides is 1. The topological polar surface area (TPSA) is 81.4 Å². The Balaban J connectivity index is 2.65. The molecular formula is C13H17FN2O3. The number of carbonyl (C=O) groups excluding carboxylic acids is 2. The van der Waals surface area contributed by atoms with Gasteiger partial charge in [0.05, 0.1) is 0 Å². The molecule has 0 fully saturated rings. The Labute approximate surface area is 110 Å². The van der Waals surface area contributed by atoms with Crippen LogP contribution in [0.4, 0.5) is 4.39 Å². The molecule has 0 saturated heterocycles. The van der Waals surface area contributed by atoms with E-state index in [0.717, 1.165) is 6.07 Å². The molecule has 104 valence electrons. The van der Waals surface area contributed by atoms with Crippen LogP contribution < -0.4 is 15.8 Å². The number of carbonyl (C=O) groups is 2. The smallest absolute Gasteiger partial charge is 0.257 e. The molecule has 0 aliphatic carbocycles. The highest BCUT2D eigenvalue weighted by Gasteiger charge is 2.15. The first-order chi connectivity index (χ1) is 8.91. The lowest BCUT2D eigenvalue weighted by molar-refractivity contribution is -0.123. The van der Waals surface area contributed by atoms with Gasteiger partial charge in [0, 0.05) is 6.54 Å². The molecule has 0 aliphatic heterocycles. The molecule has 0 atom stereocenters. The summed E-state index contributed by atoms with van der Waals surface area (Å²) < 4.78 is 18.5. The predicted octanol–water partition coefficient (Wildman–Crippen LogP) is 1.08. The van der Waals surface area contributed by atoms with Crippen LogP contribution in [0.2, 0.25) is 0 Å². The van der Waals surface area contributed by atoms with Gasteiger partial charge in [0.25, 0.3) is 11.8 Å². The second-order valence-electron chi connectivity index (χ2n) is 4.46. The molecule has 3 N–H and O–H groups in total. The summed E-state index contributed by atoms with van der Waals surface area (Å²) in [6, 6.07) is 3.87. The van der Waals surface area contributed by atoms with Crippen LogP contribution in [0.1, 0.15) is 24.2 Å². The summed E-state index contributed by atoms with van der Waals surface area (Å²) in [6.07, 6.45) is 0. The molecule has 0 radical (unpaired) electrons. The van der Waals surface area contributed by atoms with Gasteiger partial charge in [0.1, 0.15) is 17.1 Å². The van der Waals surface area contributed by atoms with Gasteiger partial charge < -0.3 is 15.8 Å². The molecule has 1 aromatic rings. The number of halogens is 1. The van der Waals surface area contributed by atoms with Gasteiger partial charge in [-0.25, -0.2) is 4.39 Å². The van der Waals surface area contributed by atoms with Crippen LogP contribution in [0.15, 0.2) is 18.2 Å². The van der Waals surface area contributed by atoms with E-state index in [9.17, 15) is 14.0 Å². The summed E-state index contributed by atoms with van der Waals surface area (Å²) >= 11 is 0. The molecule has 2 amide bonds. The van der Waals surface area contributed by atoms with Crippen LogP contribution in [-0.2, 0) is 4.79 Å². The third-order valence-corrected chi connectivity index (χ3v) is 2.29. The lowest BCUT2D eigenvalue weighted by Crippen LogP contribution is -2.32. The monoisotopic (exact) mass is 268 g/mol. The van der Waals surface area contributed by atoms with Crippen molar-refractivity contribution < 1.29 is 18.7 Å². The van der Waals surface area contributed by atoms with Gasteiger partial charge in [0.2, 0.25) is 0 Å². The lowest BCUT2D eigenvalue weighted by atomic mass is 10.2. The molecule has 5 nitrogen and oxygen atoms in total. The minimum absolute atomic E-state index is 0.0350. The highest BCUT2D eigenvalue weighted by atomic mass is 19.1. The molecule has 0 spiro atoms. The van der Waals surface area contributed by atoms with Crippen molar-refractivity contribution in [1.82, 2.24) is 5.32 Å². The fourth-order valence-electron chi connectivity index (χ4n) is 1.38. The largest absolute Gasteiger partial charge is 0.483 e. The van der Waals surface area contributed by atoms with Crippen molar-refractivity contribution in [3.63, 3.8) is 0 Å². The fourth-order valence-corrected chi connectivity index (χ4v) is 1.38. The molecule has 0 bridgehead atoms. The van der Waals surface area contributed by atoms with Crippen molar-refractivity contribution in [3.8, 4) is 5.75 Å². The Morgan fingerprint density at radius 2 is 2.11 bits per heavy atom. The minimum atomic E-state index is -0.935. The lowest BCUT2D eigenvalue weighted by Gasteiger charge is -2.11. The molecule has 0 aliphatic rings. The highest BCUT2D eigenvalue weighted by Crippen LogP contribution is 2.20. The van der Waals surface area contributed by atoms with E-state index in [2.05, 4.69) is 5.32 Å². The SMILES string of the molecule is CC(C)CNC(=O)COc1cccc(F)c1C(N)=O. The number of benzene rings is 1. The third kappa shape index (κ3) is 4.57. The second kappa shape index (κ2) is 6.72. The van der Waals surface area contributed by atoms with E-state index in [1.54, 1.807) is 0 Å².